The summed E-state index contributed by atoms with van der Waals surface area (Å²) in [6.45, 7) is 1.97. The molecule has 1 aromatic carbocycles. The molecule has 6 heteroatoms. The lowest BCUT2D eigenvalue weighted by molar-refractivity contribution is -0.113. The van der Waals surface area contributed by atoms with Crippen LogP contribution in [0.5, 0.6) is 0 Å². The van der Waals surface area contributed by atoms with Crippen molar-refractivity contribution >= 4 is 35.1 Å². The molecule has 1 atom stereocenters. The molecule has 1 aliphatic rings. The van der Waals surface area contributed by atoms with Crippen molar-refractivity contribution in [1.82, 2.24) is 9.78 Å². The van der Waals surface area contributed by atoms with Crippen LogP contribution in [0.25, 0.3) is 0 Å². The number of anilines is 1. The summed E-state index contributed by atoms with van der Waals surface area (Å²) in [7, 11) is 1.84. The molecule has 0 spiro atoms. The highest BCUT2D eigenvalue weighted by atomic mass is 35.5. The largest absolute Gasteiger partial charge is 0.310 e. The van der Waals surface area contributed by atoms with Gasteiger partial charge >= 0.3 is 0 Å². The number of rotatable bonds is 1. The average molecular weight is 308 g/mol. The Bertz CT molecular complexity index is 683. The van der Waals surface area contributed by atoms with Crippen LogP contribution in [0, 0.1) is 6.92 Å². The lowest BCUT2D eigenvalue weighted by atomic mass is 10.0. The Morgan fingerprint density at radius 3 is 3.05 bits per heavy atom. The van der Waals surface area contributed by atoms with Crippen molar-refractivity contribution in [3.8, 4) is 0 Å². The zero-order chi connectivity index (χ0) is 14.3. The van der Waals surface area contributed by atoms with E-state index in [0.717, 1.165) is 22.6 Å². The van der Waals surface area contributed by atoms with Gasteiger partial charge in [-0.3, -0.25) is 9.48 Å². The molecule has 3 rings (SSSR count). The van der Waals surface area contributed by atoms with E-state index in [1.807, 2.05) is 38.2 Å². The third kappa shape index (κ3) is 2.31. The summed E-state index contributed by atoms with van der Waals surface area (Å²) >= 11 is 7.69. The number of amides is 1. The summed E-state index contributed by atoms with van der Waals surface area (Å²) in [5.74, 6) is 1.21. The quantitative estimate of drug-likeness (QED) is 0.880. The summed E-state index contributed by atoms with van der Waals surface area (Å²) in [6.07, 6.45) is 0. The van der Waals surface area contributed by atoms with Crippen LogP contribution in [0.15, 0.2) is 24.3 Å². The number of nitrogens with zero attached hydrogens (tertiary/aromatic N) is 2. The summed E-state index contributed by atoms with van der Waals surface area (Å²) in [4.78, 5) is 11.9. The highest BCUT2D eigenvalue weighted by molar-refractivity contribution is 8.00. The predicted molar refractivity (Wildman–Crippen MR) is 82.3 cm³/mol. The zero-order valence-corrected chi connectivity index (χ0v) is 12.8. The summed E-state index contributed by atoms with van der Waals surface area (Å²) in [5.41, 5.74) is 3.09. The third-order valence-electron chi connectivity index (χ3n) is 3.32. The van der Waals surface area contributed by atoms with E-state index in [4.69, 9.17) is 11.6 Å². The molecular formula is C14H14ClN3OS. The molecule has 0 aliphatic carbocycles. The number of fused-ring (bicyclic) bond motifs is 1. The molecule has 104 valence electrons. The van der Waals surface area contributed by atoms with Crippen LogP contribution >= 0.6 is 23.4 Å². The zero-order valence-electron chi connectivity index (χ0n) is 11.2. The first kappa shape index (κ1) is 13.5. The third-order valence-corrected chi connectivity index (χ3v) is 4.83. The van der Waals surface area contributed by atoms with E-state index < -0.39 is 0 Å². The van der Waals surface area contributed by atoms with Gasteiger partial charge in [-0.15, -0.1) is 11.8 Å². The minimum Gasteiger partial charge on any atom is -0.310 e. The van der Waals surface area contributed by atoms with Gasteiger partial charge in [-0.2, -0.15) is 5.10 Å². The van der Waals surface area contributed by atoms with E-state index >= 15 is 0 Å². The van der Waals surface area contributed by atoms with Gasteiger partial charge in [0.25, 0.3) is 0 Å². The van der Waals surface area contributed by atoms with E-state index in [2.05, 4.69) is 10.4 Å². The van der Waals surface area contributed by atoms with Gasteiger partial charge in [0.2, 0.25) is 5.91 Å². The smallest absolute Gasteiger partial charge is 0.235 e. The summed E-state index contributed by atoms with van der Waals surface area (Å²) in [5, 5.41) is 8.13. The van der Waals surface area contributed by atoms with Crippen LogP contribution in [0.2, 0.25) is 5.02 Å². The lowest BCUT2D eigenvalue weighted by Crippen LogP contribution is -2.15. The van der Waals surface area contributed by atoms with Crippen LogP contribution in [0.4, 0.5) is 5.82 Å². The van der Waals surface area contributed by atoms with Gasteiger partial charge in [-0.05, 0) is 24.6 Å². The number of halogens is 1. The monoisotopic (exact) mass is 307 g/mol. The number of carbonyl (C=O) groups is 1. The van der Waals surface area contributed by atoms with Crippen LogP contribution in [0.1, 0.15) is 22.1 Å². The van der Waals surface area contributed by atoms with Gasteiger partial charge in [0.1, 0.15) is 5.82 Å². The predicted octanol–water partition coefficient (Wildman–Crippen LogP) is 3.16. The van der Waals surface area contributed by atoms with Crippen molar-refractivity contribution < 1.29 is 4.79 Å². The molecule has 0 radical (unpaired) electrons. The molecule has 1 N–H and O–H groups in total. The van der Waals surface area contributed by atoms with Crippen LogP contribution in [0.3, 0.4) is 0 Å². The number of hydrogen-bond acceptors (Lipinski definition) is 3. The van der Waals surface area contributed by atoms with Crippen molar-refractivity contribution in [3.05, 3.63) is 46.1 Å². The Morgan fingerprint density at radius 2 is 2.30 bits per heavy atom. The fourth-order valence-electron chi connectivity index (χ4n) is 2.48. The maximum atomic E-state index is 11.9. The molecule has 1 aromatic heterocycles. The van der Waals surface area contributed by atoms with Crippen LogP contribution in [-0.2, 0) is 11.8 Å². The second-order valence-corrected chi connectivity index (χ2v) is 6.30. The maximum absolute atomic E-state index is 11.9. The van der Waals surface area contributed by atoms with Crippen molar-refractivity contribution in [2.75, 3.05) is 11.1 Å². The molecule has 0 fully saturated rings. The Kier molecular flexibility index (Phi) is 3.48. The molecule has 1 amide bonds. The molecule has 1 aliphatic heterocycles. The molecule has 4 nitrogen and oxygen atoms in total. The van der Waals surface area contributed by atoms with Crippen molar-refractivity contribution in [2.45, 2.75) is 12.2 Å². The normalized spacial score (nSPS) is 18.4. The molecule has 0 unspecified atom stereocenters. The Labute approximate surface area is 126 Å². The second kappa shape index (κ2) is 5.14. The van der Waals surface area contributed by atoms with E-state index in [9.17, 15) is 4.79 Å². The topological polar surface area (TPSA) is 46.9 Å². The molecule has 2 heterocycles. The average Bonchev–Trinajstić information content (AvgIpc) is 2.59. The van der Waals surface area contributed by atoms with E-state index in [1.165, 1.54) is 0 Å². The number of aryl methyl sites for hydroxylation is 2. The number of hydrogen-bond donors (Lipinski definition) is 1. The van der Waals surface area contributed by atoms with E-state index in [-0.39, 0.29) is 11.2 Å². The highest BCUT2D eigenvalue weighted by Crippen LogP contribution is 2.43. The molecule has 0 bridgehead atoms. The fraction of sp³-hybridized carbons (Fsp3) is 0.286. The number of aromatic nitrogens is 2. The van der Waals surface area contributed by atoms with Crippen molar-refractivity contribution in [3.63, 3.8) is 0 Å². The van der Waals surface area contributed by atoms with Crippen LogP contribution < -0.4 is 5.32 Å². The molecule has 2 aromatic rings. The molecule has 20 heavy (non-hydrogen) atoms. The highest BCUT2D eigenvalue weighted by Gasteiger charge is 2.29. The summed E-state index contributed by atoms with van der Waals surface area (Å²) < 4.78 is 1.73. The first-order valence-corrected chi connectivity index (χ1v) is 7.69. The van der Waals surface area contributed by atoms with E-state index in [0.29, 0.717) is 10.8 Å². The first-order chi connectivity index (χ1) is 9.56. The van der Waals surface area contributed by atoms with Crippen LogP contribution in [-0.4, -0.2) is 21.4 Å². The SMILES string of the molecule is Cc1nn(C)c2c1[C@H](c1cccc(Cl)c1)SCC(=O)N2. The number of thioether (sulfide) groups is 1. The molecule has 0 saturated heterocycles. The fourth-order valence-corrected chi connectivity index (χ4v) is 3.86. The van der Waals surface area contributed by atoms with Gasteiger partial charge in [0.15, 0.2) is 0 Å². The molecule has 0 saturated carbocycles. The van der Waals surface area contributed by atoms with Gasteiger partial charge in [0, 0.05) is 17.6 Å². The van der Waals surface area contributed by atoms with Gasteiger partial charge < -0.3 is 5.32 Å². The maximum Gasteiger partial charge on any atom is 0.235 e. The van der Waals surface area contributed by atoms with Gasteiger partial charge in [0.05, 0.1) is 16.7 Å². The van der Waals surface area contributed by atoms with Gasteiger partial charge in [-0.25, -0.2) is 0 Å². The van der Waals surface area contributed by atoms with Gasteiger partial charge in [-0.1, -0.05) is 23.7 Å². The number of carbonyl (C=O) groups excluding carboxylic acids is 1. The van der Waals surface area contributed by atoms with E-state index in [1.54, 1.807) is 16.4 Å². The second-order valence-electron chi connectivity index (χ2n) is 4.77. The lowest BCUT2D eigenvalue weighted by Gasteiger charge is -2.15. The number of benzene rings is 1. The summed E-state index contributed by atoms with van der Waals surface area (Å²) in [6, 6.07) is 7.78. The Morgan fingerprint density at radius 1 is 1.50 bits per heavy atom. The minimum absolute atomic E-state index is 0.00350. The Hall–Kier alpha value is -1.46. The first-order valence-electron chi connectivity index (χ1n) is 6.26. The molecular weight excluding hydrogens is 294 g/mol. The minimum atomic E-state index is 0.00350. The number of nitrogens with one attached hydrogen (secondary N) is 1. The Balaban J connectivity index is 2.15. The van der Waals surface area contributed by atoms with Crippen molar-refractivity contribution in [2.24, 2.45) is 7.05 Å². The standard InChI is InChI=1S/C14H14ClN3OS/c1-8-12-13(9-4-3-5-10(15)6-9)20-7-11(19)16-14(12)18(2)17-8/h3-6,13H,7H2,1-2H3,(H,16,19)/t13-/m0/s1. The van der Waals surface area contributed by atoms with Crippen molar-refractivity contribution in [1.29, 1.82) is 0 Å².